The van der Waals surface area contributed by atoms with E-state index in [0.717, 1.165) is 6.54 Å². The number of amides is 2. The molecular weight excluding hydrogens is 208 g/mol. The lowest BCUT2D eigenvalue weighted by atomic mass is 10.3. The molecule has 16 heavy (non-hydrogen) atoms. The molecule has 1 aliphatic carbocycles. The maximum atomic E-state index is 11.8. The van der Waals surface area contributed by atoms with Crippen LogP contribution in [0.25, 0.3) is 0 Å². The zero-order valence-electron chi connectivity index (χ0n) is 9.90. The fraction of sp³-hybridized carbons (Fsp3) is 0.818. The number of carbonyl (C=O) groups is 2. The van der Waals surface area contributed by atoms with Crippen LogP contribution >= 0.6 is 0 Å². The number of carbonyl (C=O) groups excluding carboxylic acids is 1. The molecule has 0 radical (unpaired) electrons. The van der Waals surface area contributed by atoms with E-state index in [2.05, 4.69) is 5.32 Å². The van der Waals surface area contributed by atoms with Gasteiger partial charge in [-0.25, -0.2) is 4.79 Å². The molecule has 5 nitrogen and oxygen atoms in total. The minimum Gasteiger partial charge on any atom is -0.481 e. The van der Waals surface area contributed by atoms with Gasteiger partial charge in [-0.2, -0.15) is 0 Å². The lowest BCUT2D eigenvalue weighted by Crippen LogP contribution is -2.45. The van der Waals surface area contributed by atoms with Crippen LogP contribution in [0.3, 0.4) is 0 Å². The summed E-state index contributed by atoms with van der Waals surface area (Å²) in [6.07, 6.45) is 2.38. The summed E-state index contributed by atoms with van der Waals surface area (Å²) in [6.45, 7) is 4.76. The number of hydrogen-bond acceptors (Lipinski definition) is 2. The van der Waals surface area contributed by atoms with Crippen LogP contribution in [-0.2, 0) is 4.79 Å². The second-order valence-electron chi connectivity index (χ2n) is 4.56. The van der Waals surface area contributed by atoms with E-state index in [0.29, 0.717) is 5.92 Å². The molecule has 0 atom stereocenters. The van der Waals surface area contributed by atoms with Crippen LogP contribution in [0.2, 0.25) is 0 Å². The predicted molar refractivity (Wildman–Crippen MR) is 60.2 cm³/mol. The highest BCUT2D eigenvalue weighted by molar-refractivity contribution is 5.75. The van der Waals surface area contributed by atoms with Crippen LogP contribution in [0.15, 0.2) is 0 Å². The summed E-state index contributed by atoms with van der Waals surface area (Å²) >= 11 is 0. The van der Waals surface area contributed by atoms with Crippen LogP contribution in [0, 0.1) is 5.92 Å². The normalized spacial score (nSPS) is 14.9. The van der Waals surface area contributed by atoms with Gasteiger partial charge in [0.05, 0.1) is 6.42 Å². The molecular formula is C11H20N2O3. The highest BCUT2D eigenvalue weighted by atomic mass is 16.4. The van der Waals surface area contributed by atoms with Gasteiger partial charge in [0.1, 0.15) is 0 Å². The Hall–Kier alpha value is -1.26. The molecule has 2 amide bonds. The fourth-order valence-electron chi connectivity index (χ4n) is 1.47. The molecule has 0 saturated heterocycles. The van der Waals surface area contributed by atoms with E-state index in [1.165, 1.54) is 12.8 Å². The summed E-state index contributed by atoms with van der Waals surface area (Å²) in [5.74, 6) is -0.238. The van der Waals surface area contributed by atoms with Crippen LogP contribution in [0.1, 0.15) is 33.1 Å². The van der Waals surface area contributed by atoms with E-state index in [1.54, 1.807) is 4.90 Å². The second kappa shape index (κ2) is 5.72. The molecule has 0 unspecified atom stereocenters. The molecule has 0 aromatic rings. The van der Waals surface area contributed by atoms with Crippen molar-refractivity contribution in [3.8, 4) is 0 Å². The van der Waals surface area contributed by atoms with Crippen molar-refractivity contribution in [2.24, 2.45) is 5.92 Å². The number of nitrogens with zero attached hydrogens (tertiary/aromatic N) is 1. The van der Waals surface area contributed by atoms with Gasteiger partial charge in [0, 0.05) is 19.1 Å². The van der Waals surface area contributed by atoms with Crippen LogP contribution in [0.4, 0.5) is 4.79 Å². The van der Waals surface area contributed by atoms with Crippen molar-refractivity contribution in [1.29, 1.82) is 0 Å². The molecule has 0 aromatic heterocycles. The molecule has 1 aliphatic rings. The maximum absolute atomic E-state index is 11.8. The Kier molecular flexibility index (Phi) is 4.58. The number of carboxylic acid groups (broad SMARTS) is 1. The SMILES string of the molecule is CC(C)N(CCC(=O)O)C(=O)NCC1CC1. The largest absolute Gasteiger partial charge is 0.481 e. The Balaban J connectivity index is 2.34. The molecule has 0 heterocycles. The molecule has 0 aromatic carbocycles. The molecule has 5 heteroatoms. The minimum absolute atomic E-state index is 0.00493. The minimum atomic E-state index is -0.874. The average molecular weight is 228 g/mol. The van der Waals surface area contributed by atoms with Gasteiger partial charge in [0.15, 0.2) is 0 Å². The third kappa shape index (κ3) is 4.51. The van der Waals surface area contributed by atoms with Gasteiger partial charge in [-0.1, -0.05) is 0 Å². The van der Waals surface area contributed by atoms with Gasteiger partial charge in [-0.3, -0.25) is 4.79 Å². The number of nitrogens with one attached hydrogen (secondary N) is 1. The van der Waals surface area contributed by atoms with Gasteiger partial charge in [-0.15, -0.1) is 0 Å². The lowest BCUT2D eigenvalue weighted by molar-refractivity contribution is -0.137. The highest BCUT2D eigenvalue weighted by Gasteiger charge is 2.24. The summed E-state index contributed by atoms with van der Waals surface area (Å²) in [7, 11) is 0. The van der Waals surface area contributed by atoms with Crippen molar-refractivity contribution in [2.45, 2.75) is 39.2 Å². The van der Waals surface area contributed by atoms with Crippen LogP contribution in [-0.4, -0.2) is 41.1 Å². The van der Waals surface area contributed by atoms with Crippen molar-refractivity contribution < 1.29 is 14.7 Å². The first-order valence-corrected chi connectivity index (χ1v) is 5.77. The smallest absolute Gasteiger partial charge is 0.317 e. The van der Waals surface area contributed by atoms with Crippen LogP contribution < -0.4 is 5.32 Å². The predicted octanol–water partition coefficient (Wildman–Crippen LogP) is 1.29. The summed E-state index contributed by atoms with van der Waals surface area (Å²) in [4.78, 5) is 23.8. The van der Waals surface area contributed by atoms with Crippen molar-refractivity contribution in [1.82, 2.24) is 10.2 Å². The number of aliphatic carboxylic acids is 1. The molecule has 0 bridgehead atoms. The number of urea groups is 1. The lowest BCUT2D eigenvalue weighted by Gasteiger charge is -2.26. The molecule has 1 saturated carbocycles. The quantitative estimate of drug-likeness (QED) is 0.719. The molecule has 92 valence electrons. The third-order valence-electron chi connectivity index (χ3n) is 2.69. The molecule has 0 aliphatic heterocycles. The zero-order chi connectivity index (χ0) is 12.1. The molecule has 1 rings (SSSR count). The van der Waals surface area contributed by atoms with Gasteiger partial charge >= 0.3 is 12.0 Å². The van der Waals surface area contributed by atoms with Gasteiger partial charge in [-0.05, 0) is 32.6 Å². The standard InChI is InChI=1S/C11H20N2O3/c1-8(2)13(6-5-10(14)15)11(16)12-7-9-3-4-9/h8-9H,3-7H2,1-2H3,(H,12,16)(H,14,15). The van der Waals surface area contributed by atoms with Crippen molar-refractivity contribution in [3.05, 3.63) is 0 Å². The fourth-order valence-corrected chi connectivity index (χ4v) is 1.47. The summed E-state index contributed by atoms with van der Waals surface area (Å²) in [5, 5.41) is 11.4. The van der Waals surface area contributed by atoms with Crippen molar-refractivity contribution >= 4 is 12.0 Å². The van der Waals surface area contributed by atoms with Crippen LogP contribution in [0.5, 0.6) is 0 Å². The first kappa shape index (κ1) is 12.8. The average Bonchev–Trinajstić information content (AvgIpc) is 2.97. The van der Waals surface area contributed by atoms with Gasteiger partial charge < -0.3 is 15.3 Å². The Morgan fingerprint density at radius 2 is 2.06 bits per heavy atom. The summed E-state index contributed by atoms with van der Waals surface area (Å²) in [5.41, 5.74) is 0. The third-order valence-corrected chi connectivity index (χ3v) is 2.69. The first-order chi connectivity index (χ1) is 7.50. The summed E-state index contributed by atoms with van der Waals surface area (Å²) < 4.78 is 0. The topological polar surface area (TPSA) is 69.6 Å². The van der Waals surface area contributed by atoms with Crippen molar-refractivity contribution in [2.75, 3.05) is 13.1 Å². The maximum Gasteiger partial charge on any atom is 0.317 e. The highest BCUT2D eigenvalue weighted by Crippen LogP contribution is 2.27. The van der Waals surface area contributed by atoms with Gasteiger partial charge in [0.25, 0.3) is 0 Å². The number of carboxylic acids is 1. The van der Waals surface area contributed by atoms with E-state index in [-0.39, 0.29) is 25.0 Å². The van der Waals surface area contributed by atoms with E-state index < -0.39 is 5.97 Å². The molecule has 0 spiro atoms. The van der Waals surface area contributed by atoms with E-state index in [9.17, 15) is 9.59 Å². The van der Waals surface area contributed by atoms with E-state index in [4.69, 9.17) is 5.11 Å². The van der Waals surface area contributed by atoms with E-state index in [1.807, 2.05) is 13.8 Å². The molecule has 1 fully saturated rings. The Bertz CT molecular complexity index is 262. The Labute approximate surface area is 95.8 Å². The Morgan fingerprint density at radius 3 is 2.50 bits per heavy atom. The van der Waals surface area contributed by atoms with Gasteiger partial charge in [0.2, 0.25) is 0 Å². The number of hydrogen-bond donors (Lipinski definition) is 2. The van der Waals surface area contributed by atoms with E-state index >= 15 is 0 Å². The summed E-state index contributed by atoms with van der Waals surface area (Å²) in [6, 6.07) is -0.123. The monoisotopic (exact) mass is 228 g/mol. The second-order valence-corrected chi connectivity index (χ2v) is 4.56. The first-order valence-electron chi connectivity index (χ1n) is 5.77. The number of rotatable bonds is 6. The molecule has 2 N–H and O–H groups in total. The van der Waals surface area contributed by atoms with Crippen molar-refractivity contribution in [3.63, 3.8) is 0 Å². The zero-order valence-corrected chi connectivity index (χ0v) is 9.90. The Morgan fingerprint density at radius 1 is 1.44 bits per heavy atom.